The predicted octanol–water partition coefficient (Wildman–Crippen LogP) is -11.0. The Morgan fingerprint density at radius 1 is 0.387 bits per heavy atom. The van der Waals surface area contributed by atoms with Crippen molar-refractivity contribution < 1.29 is 266 Å². The van der Waals surface area contributed by atoms with E-state index in [-0.39, 0.29) is 57.0 Å². The number of aliphatic hydroxyl groups is 21. The summed E-state index contributed by atoms with van der Waals surface area (Å²) in [5.41, 5.74) is 0. The Morgan fingerprint density at radius 2 is 0.782 bits per heavy atom. The Morgan fingerprint density at radius 3 is 1.04 bits per heavy atom. The van der Waals surface area contributed by atoms with Crippen molar-refractivity contribution in [1.82, 2.24) is 0 Å². The summed E-state index contributed by atoms with van der Waals surface area (Å²) in [4.78, 5) is 240. The van der Waals surface area contributed by atoms with Crippen LogP contribution in [0, 0.1) is 0 Å². The molecule has 6 rings (SSSR count). The first kappa shape index (κ1) is 121. The lowest BCUT2D eigenvalue weighted by atomic mass is 10.0. The fourth-order valence-corrected chi connectivity index (χ4v) is 8.04. The van der Waals surface area contributed by atoms with E-state index in [1.165, 1.54) is 27.7 Å². The fraction of sp³-hybridized carbons (Fsp3) is 0.614. The van der Waals surface area contributed by atoms with Crippen molar-refractivity contribution in [2.45, 2.75) is 274 Å². The molecule has 5 saturated heterocycles. The number of carbonyl (C=O) groups excluding carboxylic acids is 19. The molecule has 0 aromatic heterocycles. The average Bonchev–Trinajstić information content (AvgIpc) is 1.64. The molecule has 19 atom stereocenters. The van der Waals surface area contributed by atoms with Gasteiger partial charge < -0.3 is 156 Å². The lowest BCUT2D eigenvalue weighted by Gasteiger charge is -2.15. The fourth-order valence-electron chi connectivity index (χ4n) is 8.04. The van der Waals surface area contributed by atoms with E-state index in [1.807, 2.05) is 0 Å². The average molecular weight is 1810 g/mol. The molecule has 6 aliphatic heterocycles. The van der Waals surface area contributed by atoms with Crippen molar-refractivity contribution in [2.75, 3.05) is 0 Å². The topological polar surface area (TPSA) is 954 Å². The van der Waals surface area contributed by atoms with Crippen LogP contribution in [0.5, 0.6) is 0 Å². The number of carboxylic acid groups (broad SMARTS) is 4. The summed E-state index contributed by atoms with van der Waals surface area (Å²) in [5, 5.41) is 219. The molecule has 0 amide bonds. The number of cyclic esters (lactones) is 6. The van der Waals surface area contributed by atoms with Gasteiger partial charge in [0.1, 0.15) is 42.7 Å². The van der Waals surface area contributed by atoms with E-state index >= 15 is 0 Å². The molecule has 0 bridgehead atoms. The smallest absolute Gasteiger partial charge is 0.383 e. The molecule has 54 heteroatoms. The number of aliphatic hydroxyl groups excluding tert-OH is 17. The minimum Gasteiger partial charge on any atom is -0.506 e. The normalized spacial score (nSPS) is 22.5. The van der Waals surface area contributed by atoms with E-state index in [0.717, 1.165) is 0 Å². The second-order valence-electron chi connectivity index (χ2n) is 24.9. The highest BCUT2D eigenvalue weighted by Gasteiger charge is 2.58. The largest absolute Gasteiger partial charge is 0.506 e. The van der Waals surface area contributed by atoms with Gasteiger partial charge in [0.25, 0.3) is 28.9 Å². The Kier molecular flexibility index (Phi) is 56.3. The summed E-state index contributed by atoms with van der Waals surface area (Å²) >= 11 is 0. The van der Waals surface area contributed by atoms with Crippen LogP contribution in [0.15, 0.2) is 23.0 Å². The number of hydrogen-bond donors (Lipinski definition) is 25. The number of hydrogen-bond acceptors (Lipinski definition) is 50. The summed E-state index contributed by atoms with van der Waals surface area (Å²) in [6, 6.07) is 0. The minimum atomic E-state index is -3.10. The third-order valence-electron chi connectivity index (χ3n) is 16.0. The first-order valence-corrected chi connectivity index (χ1v) is 36.1. The summed E-state index contributed by atoms with van der Waals surface area (Å²) in [6.07, 6.45) is -21.7. The van der Waals surface area contributed by atoms with Gasteiger partial charge in [0.05, 0.1) is 36.6 Å². The van der Waals surface area contributed by atoms with Gasteiger partial charge >= 0.3 is 88.6 Å². The molecule has 704 valence electrons. The van der Waals surface area contributed by atoms with Crippen LogP contribution in [0.4, 0.5) is 0 Å². The van der Waals surface area contributed by atoms with E-state index in [1.54, 1.807) is 48.5 Å². The standard InChI is InChI=1S/C7H10O6.C7H12O6.C7H10O6.C7H8O5.2C6H10O5.C6H8O5.2C6H8O4.C6H6O4.C6H10O4/c1-2-3(8)4-5(9)7(11,12)6(10)13-4;2*1-2-3(8)4(9)5(10)6(11)7(12)13;1-2-3(8)6-4(9)5(10)7(11)12-6;1-2-3-4(7)6(9,10)5(8)11-3;2*1-2-3(7)4(8)5(9)6(10)11;3*1-2-3-4(7)5(8)6(9)10-3;1-2-4(8)6(10)5(9)3-7/h3-4,8,11-12H,2H2,1H3;3-4,8-11H,2H2,1H3,(H,12,13);3-4,8-9H,2H2,1H3,(H,12,13);3,6,8H,2H2,1H3;3-4,7,9-10H,2H2,1H3;3-4,7-8H,2H2,1H3,(H,10,11);3,7H,2H2,1H3,(H,10,11);3,7-8H,2H2,1H3;3-4,7H,2H2,1H3;3H,2H2,1H3;3-4,6,8,10H,2H2,1H3/b;6-5-;;;;;;;;;. The summed E-state index contributed by atoms with van der Waals surface area (Å²) in [6.45, 7) is 17.6. The second-order valence-corrected chi connectivity index (χ2v) is 24.9. The van der Waals surface area contributed by atoms with Crippen molar-refractivity contribution in [3.05, 3.63) is 23.0 Å². The van der Waals surface area contributed by atoms with E-state index in [4.69, 9.17) is 128 Å². The van der Waals surface area contributed by atoms with Crippen LogP contribution in [-0.2, 0) is 139 Å². The van der Waals surface area contributed by atoms with Crippen LogP contribution in [-0.4, -0.2) is 391 Å². The molecule has 6 heterocycles. The lowest BCUT2D eigenvalue weighted by molar-refractivity contribution is -0.210. The van der Waals surface area contributed by atoms with Crippen LogP contribution < -0.4 is 0 Å². The van der Waals surface area contributed by atoms with Crippen molar-refractivity contribution in [3.8, 4) is 0 Å². The molecule has 6 aliphatic rings. The van der Waals surface area contributed by atoms with Gasteiger partial charge in [-0.05, 0) is 70.6 Å². The maximum absolute atomic E-state index is 11.0. The molecule has 0 aromatic carbocycles. The lowest BCUT2D eigenvalue weighted by Crippen LogP contribution is -2.45. The molecule has 25 N–H and O–H groups in total. The van der Waals surface area contributed by atoms with E-state index in [2.05, 4.69) is 28.4 Å². The molecular formula is C70H100O54. The van der Waals surface area contributed by atoms with Crippen molar-refractivity contribution in [2.24, 2.45) is 0 Å². The zero-order chi connectivity index (χ0) is 98.7. The van der Waals surface area contributed by atoms with Gasteiger partial charge in [0.15, 0.2) is 54.4 Å². The van der Waals surface area contributed by atoms with Crippen molar-refractivity contribution >= 4 is 135 Å². The third-order valence-corrected chi connectivity index (χ3v) is 16.0. The number of Topliss-reactive ketones (excluding diaryl/α,β-unsaturated/α-hetero) is 12. The Bertz CT molecular complexity index is 3850. The second kappa shape index (κ2) is 57.7. The SMILES string of the molecule is CCC(O)C(=O)C(=O)C(=O)O.CCC(O)C(O)/C(O)=C(/O)C(=O)O.CCC(O)C(O)C(=O)C(=O)C(=O)O.CCC(O)C(O)C(=O)C(=O)O.CCC(O)C(O)C(=O)C=O.CCC(O)C1OC(=O)C(=O)C1=O.CCC(O)C1OC(=O)C(O)(O)C1=O.CCC1OC(=O)C(=O)C1=O.CCC1OC(=O)C(=O)C1O.CCC1OC(=O)C(O)(O)C1O.CCC1OC(=O)C(O)=C1O. The van der Waals surface area contributed by atoms with Crippen LogP contribution in [0.2, 0.25) is 0 Å². The number of carbonyl (C=O) groups is 23. The number of ketones is 12. The third kappa shape index (κ3) is 37.2. The molecule has 124 heavy (non-hydrogen) atoms. The van der Waals surface area contributed by atoms with Gasteiger partial charge in [-0.2, -0.15) is 0 Å². The molecule has 5 fully saturated rings. The van der Waals surface area contributed by atoms with E-state index < -0.39 is 274 Å². The first-order valence-electron chi connectivity index (χ1n) is 36.1. The zero-order valence-electron chi connectivity index (χ0n) is 67.3. The highest BCUT2D eigenvalue weighted by Crippen LogP contribution is 2.26. The molecule has 0 spiro atoms. The Balaban J connectivity index is -0.000000419. The number of carboxylic acids is 4. The van der Waals surface area contributed by atoms with Gasteiger partial charge in [-0.1, -0.05) is 76.2 Å². The molecule has 0 aliphatic carbocycles. The van der Waals surface area contributed by atoms with Crippen LogP contribution in [0.1, 0.15) is 147 Å². The number of aliphatic carboxylic acids is 4. The van der Waals surface area contributed by atoms with Gasteiger partial charge in [-0.25, -0.2) is 47.9 Å². The van der Waals surface area contributed by atoms with Crippen LogP contribution in [0.3, 0.4) is 0 Å². The summed E-state index contributed by atoms with van der Waals surface area (Å²) in [5.74, 6) is -37.5. The molecule has 19 unspecified atom stereocenters. The maximum atomic E-state index is 11.0. The Labute approximate surface area is 697 Å². The molecule has 0 saturated carbocycles. The van der Waals surface area contributed by atoms with E-state index in [9.17, 15) is 110 Å². The Hall–Kier alpha value is -11.6. The minimum absolute atomic E-state index is 0.00352. The number of aldehydes is 1. The van der Waals surface area contributed by atoms with Gasteiger partial charge in [-0.3, -0.25) is 62.3 Å². The van der Waals surface area contributed by atoms with Crippen molar-refractivity contribution in [3.63, 3.8) is 0 Å². The summed E-state index contributed by atoms with van der Waals surface area (Å²) < 4.78 is 26.5. The van der Waals surface area contributed by atoms with Crippen LogP contribution in [0.25, 0.3) is 0 Å². The van der Waals surface area contributed by atoms with Crippen molar-refractivity contribution in [1.29, 1.82) is 0 Å². The number of rotatable bonds is 29. The molecule has 0 aromatic rings. The van der Waals surface area contributed by atoms with Gasteiger partial charge in [0, 0.05) is 0 Å². The van der Waals surface area contributed by atoms with Gasteiger partial charge in [0.2, 0.25) is 34.7 Å². The van der Waals surface area contributed by atoms with Gasteiger partial charge in [-0.15, -0.1) is 0 Å². The summed E-state index contributed by atoms with van der Waals surface area (Å²) in [7, 11) is 0. The number of ether oxygens (including phenoxy) is 6. The molecular weight excluding hydrogens is 1700 g/mol. The highest BCUT2D eigenvalue weighted by atomic mass is 16.7. The molecule has 0 radical (unpaired) electrons. The quantitative estimate of drug-likeness (QED) is 0.00483. The first-order chi connectivity index (χ1) is 56.9. The molecule has 54 nitrogen and oxygen atoms in total. The monoisotopic (exact) mass is 1800 g/mol. The van der Waals surface area contributed by atoms with Crippen LogP contribution >= 0.6 is 0 Å². The highest BCUT2D eigenvalue weighted by molar-refractivity contribution is 6.66. The zero-order valence-corrected chi connectivity index (χ0v) is 67.3. The predicted molar refractivity (Wildman–Crippen MR) is 386 cm³/mol. The van der Waals surface area contributed by atoms with E-state index in [0.29, 0.717) is 25.7 Å². The number of esters is 6. The maximum Gasteiger partial charge on any atom is 0.383 e.